The van der Waals surface area contributed by atoms with E-state index in [1.807, 2.05) is 0 Å². The number of nitrogens with one attached hydrogen (secondary N) is 1. The van der Waals surface area contributed by atoms with Gasteiger partial charge in [-0.1, -0.05) is 18.5 Å². The minimum absolute atomic E-state index is 0.00602. The molecule has 0 fully saturated rings. The van der Waals surface area contributed by atoms with Gasteiger partial charge in [-0.15, -0.1) is 0 Å². The lowest BCUT2D eigenvalue weighted by molar-refractivity contribution is -0.119. The van der Waals surface area contributed by atoms with Crippen LogP contribution in [0.2, 0.25) is 5.02 Å². The van der Waals surface area contributed by atoms with Crippen molar-refractivity contribution < 1.29 is 18.3 Å². The van der Waals surface area contributed by atoms with Crippen LogP contribution in [0.5, 0.6) is 5.75 Å². The van der Waals surface area contributed by atoms with Gasteiger partial charge in [-0.2, -0.15) is 8.78 Å². The number of ether oxygens (including phenoxy) is 1. The largest absolute Gasteiger partial charge is 0.433 e. The molecule has 0 heterocycles. The SMILES string of the molecule is CC(CN)C(=O)Nc1ccc(OC(F)F)c(Cl)c1. The number of alkyl halides is 2. The highest BCUT2D eigenvalue weighted by molar-refractivity contribution is 6.32. The van der Waals surface area contributed by atoms with Gasteiger partial charge in [0.25, 0.3) is 0 Å². The molecule has 7 heteroatoms. The number of hydrogen-bond donors (Lipinski definition) is 2. The number of amides is 1. The van der Waals surface area contributed by atoms with Crippen molar-refractivity contribution >= 4 is 23.2 Å². The number of rotatable bonds is 5. The molecule has 0 bridgehead atoms. The molecule has 0 aliphatic rings. The Morgan fingerprint density at radius 1 is 1.56 bits per heavy atom. The number of halogens is 3. The highest BCUT2D eigenvalue weighted by Crippen LogP contribution is 2.29. The molecule has 0 radical (unpaired) electrons. The highest BCUT2D eigenvalue weighted by Gasteiger charge is 2.13. The molecule has 3 N–H and O–H groups in total. The molecule has 100 valence electrons. The summed E-state index contributed by atoms with van der Waals surface area (Å²) in [5, 5.41) is 2.56. The quantitative estimate of drug-likeness (QED) is 0.870. The minimum atomic E-state index is -2.94. The molecular weight excluding hydrogens is 266 g/mol. The minimum Gasteiger partial charge on any atom is -0.433 e. The van der Waals surface area contributed by atoms with E-state index in [-0.39, 0.29) is 29.1 Å². The Bertz CT molecular complexity index is 430. The maximum atomic E-state index is 12.0. The van der Waals surface area contributed by atoms with Crippen LogP contribution in [0.15, 0.2) is 18.2 Å². The first-order chi connectivity index (χ1) is 8.43. The number of carbonyl (C=O) groups is 1. The molecule has 1 unspecified atom stereocenters. The zero-order valence-corrected chi connectivity index (χ0v) is 10.4. The summed E-state index contributed by atoms with van der Waals surface area (Å²) in [6, 6.07) is 4.02. The summed E-state index contributed by atoms with van der Waals surface area (Å²) < 4.78 is 28.2. The molecule has 0 spiro atoms. The fourth-order valence-corrected chi connectivity index (χ4v) is 1.37. The Balaban J connectivity index is 2.75. The van der Waals surface area contributed by atoms with E-state index in [1.54, 1.807) is 6.92 Å². The van der Waals surface area contributed by atoms with Crippen molar-refractivity contribution in [3.63, 3.8) is 0 Å². The van der Waals surface area contributed by atoms with Crippen molar-refractivity contribution in [1.82, 2.24) is 0 Å². The van der Waals surface area contributed by atoms with E-state index in [0.717, 1.165) is 0 Å². The van der Waals surface area contributed by atoms with Crippen LogP contribution in [-0.2, 0) is 4.79 Å². The summed E-state index contributed by atoms with van der Waals surface area (Å²) in [5.74, 6) is -0.756. The fourth-order valence-electron chi connectivity index (χ4n) is 1.14. The lowest BCUT2D eigenvalue weighted by Crippen LogP contribution is -2.26. The first-order valence-corrected chi connectivity index (χ1v) is 5.57. The molecule has 1 atom stereocenters. The molecule has 1 aromatic carbocycles. The lowest BCUT2D eigenvalue weighted by atomic mass is 10.1. The average molecular weight is 279 g/mol. The topological polar surface area (TPSA) is 64.4 Å². The zero-order valence-electron chi connectivity index (χ0n) is 9.62. The molecule has 18 heavy (non-hydrogen) atoms. The standard InChI is InChI=1S/C11H13ClF2N2O2/c1-6(5-15)10(17)16-7-2-3-9(8(12)4-7)18-11(13)14/h2-4,6,11H,5,15H2,1H3,(H,16,17). The van der Waals surface area contributed by atoms with E-state index < -0.39 is 6.61 Å². The van der Waals surface area contributed by atoms with Crippen molar-refractivity contribution in [2.45, 2.75) is 13.5 Å². The van der Waals surface area contributed by atoms with Gasteiger partial charge in [0.1, 0.15) is 5.75 Å². The van der Waals surface area contributed by atoms with Gasteiger partial charge in [0.2, 0.25) is 5.91 Å². The molecule has 0 aliphatic carbocycles. The average Bonchev–Trinajstić information content (AvgIpc) is 2.31. The van der Waals surface area contributed by atoms with Crippen LogP contribution < -0.4 is 15.8 Å². The van der Waals surface area contributed by atoms with E-state index in [1.165, 1.54) is 18.2 Å². The summed E-state index contributed by atoms with van der Waals surface area (Å²) >= 11 is 5.74. The van der Waals surface area contributed by atoms with E-state index in [0.29, 0.717) is 5.69 Å². The summed E-state index contributed by atoms with van der Waals surface area (Å²) in [4.78, 5) is 11.5. The number of hydrogen-bond acceptors (Lipinski definition) is 3. The summed E-state index contributed by atoms with van der Waals surface area (Å²) in [6.07, 6.45) is 0. The van der Waals surface area contributed by atoms with Gasteiger partial charge in [-0.3, -0.25) is 4.79 Å². The van der Waals surface area contributed by atoms with Crippen molar-refractivity contribution in [3.8, 4) is 5.75 Å². The maximum absolute atomic E-state index is 12.0. The number of carbonyl (C=O) groups excluding carboxylic acids is 1. The van der Waals surface area contributed by atoms with E-state index >= 15 is 0 Å². The van der Waals surface area contributed by atoms with Gasteiger partial charge in [-0.05, 0) is 18.2 Å². The lowest BCUT2D eigenvalue weighted by Gasteiger charge is -2.12. The molecule has 1 rings (SSSR count). The van der Waals surface area contributed by atoms with Crippen molar-refractivity contribution in [3.05, 3.63) is 23.2 Å². The Morgan fingerprint density at radius 2 is 2.22 bits per heavy atom. The van der Waals surface area contributed by atoms with Gasteiger partial charge in [0, 0.05) is 18.2 Å². The van der Waals surface area contributed by atoms with Crippen molar-refractivity contribution in [2.24, 2.45) is 11.7 Å². The smallest absolute Gasteiger partial charge is 0.387 e. The first kappa shape index (κ1) is 14.7. The highest BCUT2D eigenvalue weighted by atomic mass is 35.5. The second kappa shape index (κ2) is 6.51. The van der Waals surface area contributed by atoms with Crippen LogP contribution in [0.25, 0.3) is 0 Å². The number of nitrogens with two attached hydrogens (primary N) is 1. The van der Waals surface area contributed by atoms with E-state index in [2.05, 4.69) is 10.1 Å². The molecule has 0 saturated heterocycles. The number of anilines is 1. The molecule has 1 amide bonds. The van der Waals surface area contributed by atoms with Gasteiger partial charge >= 0.3 is 6.61 Å². The third-order valence-electron chi connectivity index (χ3n) is 2.22. The van der Waals surface area contributed by atoms with Crippen LogP contribution in [0.4, 0.5) is 14.5 Å². The maximum Gasteiger partial charge on any atom is 0.387 e. The monoisotopic (exact) mass is 278 g/mol. The zero-order chi connectivity index (χ0) is 13.7. The third-order valence-corrected chi connectivity index (χ3v) is 2.51. The van der Waals surface area contributed by atoms with Crippen LogP contribution in [0, 0.1) is 5.92 Å². The number of benzene rings is 1. The molecule has 1 aromatic rings. The Morgan fingerprint density at radius 3 is 2.72 bits per heavy atom. The second-order valence-electron chi connectivity index (χ2n) is 3.65. The molecule has 0 saturated carbocycles. The molecule has 0 aromatic heterocycles. The molecule has 0 aliphatic heterocycles. The van der Waals surface area contributed by atoms with Crippen LogP contribution in [0.3, 0.4) is 0 Å². The van der Waals surface area contributed by atoms with Crippen LogP contribution in [0.1, 0.15) is 6.92 Å². The summed E-state index contributed by atoms with van der Waals surface area (Å²) in [7, 11) is 0. The van der Waals surface area contributed by atoms with Gasteiger partial charge in [0.05, 0.1) is 5.02 Å². The van der Waals surface area contributed by atoms with Crippen LogP contribution >= 0.6 is 11.6 Å². The van der Waals surface area contributed by atoms with E-state index in [4.69, 9.17) is 17.3 Å². The third kappa shape index (κ3) is 4.12. The van der Waals surface area contributed by atoms with Gasteiger partial charge in [-0.25, -0.2) is 0 Å². The van der Waals surface area contributed by atoms with Gasteiger partial charge in [0.15, 0.2) is 0 Å². The van der Waals surface area contributed by atoms with Crippen LogP contribution in [-0.4, -0.2) is 19.1 Å². The fraction of sp³-hybridized carbons (Fsp3) is 0.364. The molecular formula is C11H13ClF2N2O2. The molecule has 4 nitrogen and oxygen atoms in total. The predicted molar refractivity (Wildman–Crippen MR) is 64.9 cm³/mol. The Labute approximate surface area is 108 Å². The Hall–Kier alpha value is -1.40. The van der Waals surface area contributed by atoms with E-state index in [9.17, 15) is 13.6 Å². The predicted octanol–water partition coefficient (Wildman–Crippen LogP) is 2.47. The summed E-state index contributed by atoms with van der Waals surface area (Å²) in [6.45, 7) is -1.06. The van der Waals surface area contributed by atoms with Crippen molar-refractivity contribution in [2.75, 3.05) is 11.9 Å². The van der Waals surface area contributed by atoms with Crippen molar-refractivity contribution in [1.29, 1.82) is 0 Å². The second-order valence-corrected chi connectivity index (χ2v) is 4.06. The Kier molecular flexibility index (Phi) is 5.30. The normalized spacial score (nSPS) is 12.3. The first-order valence-electron chi connectivity index (χ1n) is 5.19. The summed E-state index contributed by atoms with van der Waals surface area (Å²) in [5.41, 5.74) is 5.74. The van der Waals surface area contributed by atoms with Gasteiger partial charge < -0.3 is 15.8 Å².